The Morgan fingerprint density at radius 3 is 2.67 bits per heavy atom. The van der Waals surface area contributed by atoms with Gasteiger partial charge in [0.15, 0.2) is 0 Å². The SMILES string of the molecule is CCNC(CC(C)CC)c1ccc2c(c1)CCC2. The molecule has 0 bridgehead atoms. The molecule has 1 aliphatic carbocycles. The largest absolute Gasteiger partial charge is 0.310 e. The summed E-state index contributed by atoms with van der Waals surface area (Å²) in [5.74, 6) is 0.794. The number of fused-ring (bicyclic) bond motifs is 1. The maximum absolute atomic E-state index is 3.66. The van der Waals surface area contributed by atoms with E-state index in [0.29, 0.717) is 6.04 Å². The first kappa shape index (κ1) is 13.6. The molecule has 1 N–H and O–H groups in total. The molecule has 0 aromatic heterocycles. The van der Waals surface area contributed by atoms with Gasteiger partial charge in [-0.25, -0.2) is 0 Å². The maximum Gasteiger partial charge on any atom is 0.0322 e. The predicted octanol–water partition coefficient (Wildman–Crippen LogP) is 4.26. The van der Waals surface area contributed by atoms with Crippen LogP contribution in [0.25, 0.3) is 0 Å². The number of hydrogen-bond donors (Lipinski definition) is 1. The lowest BCUT2D eigenvalue weighted by molar-refractivity contribution is 0.408. The van der Waals surface area contributed by atoms with Crippen LogP contribution in [0, 0.1) is 5.92 Å². The number of hydrogen-bond acceptors (Lipinski definition) is 1. The van der Waals surface area contributed by atoms with Gasteiger partial charge in [-0.3, -0.25) is 0 Å². The van der Waals surface area contributed by atoms with Crippen LogP contribution in [0.1, 0.15) is 62.8 Å². The highest BCUT2D eigenvalue weighted by Crippen LogP contribution is 2.28. The van der Waals surface area contributed by atoms with Crippen LogP contribution in [-0.2, 0) is 12.8 Å². The van der Waals surface area contributed by atoms with E-state index in [1.54, 1.807) is 11.1 Å². The van der Waals surface area contributed by atoms with Crippen LogP contribution in [0.3, 0.4) is 0 Å². The summed E-state index contributed by atoms with van der Waals surface area (Å²) in [4.78, 5) is 0. The summed E-state index contributed by atoms with van der Waals surface area (Å²) in [6.07, 6.45) is 6.43. The molecular weight excluding hydrogens is 218 g/mol. The summed E-state index contributed by atoms with van der Waals surface area (Å²) < 4.78 is 0. The first-order chi connectivity index (χ1) is 8.74. The van der Waals surface area contributed by atoms with Crippen molar-refractivity contribution in [3.05, 3.63) is 34.9 Å². The summed E-state index contributed by atoms with van der Waals surface area (Å²) >= 11 is 0. The predicted molar refractivity (Wildman–Crippen MR) is 79.0 cm³/mol. The molecule has 1 aromatic rings. The Morgan fingerprint density at radius 1 is 1.17 bits per heavy atom. The van der Waals surface area contributed by atoms with Crippen LogP contribution >= 0.6 is 0 Å². The van der Waals surface area contributed by atoms with Gasteiger partial charge in [0.1, 0.15) is 0 Å². The second kappa shape index (κ2) is 6.38. The van der Waals surface area contributed by atoms with Crippen LogP contribution < -0.4 is 5.32 Å². The molecule has 0 saturated heterocycles. The summed E-state index contributed by atoms with van der Waals surface area (Å²) in [5.41, 5.74) is 4.68. The van der Waals surface area contributed by atoms with Crippen LogP contribution in [0.4, 0.5) is 0 Å². The highest BCUT2D eigenvalue weighted by Gasteiger charge is 2.17. The molecule has 1 heteroatoms. The average Bonchev–Trinajstić information content (AvgIpc) is 2.85. The van der Waals surface area contributed by atoms with Crippen molar-refractivity contribution in [2.24, 2.45) is 5.92 Å². The molecule has 0 spiro atoms. The second-order valence-corrected chi connectivity index (χ2v) is 5.74. The molecule has 0 radical (unpaired) electrons. The molecule has 18 heavy (non-hydrogen) atoms. The third-order valence-corrected chi connectivity index (χ3v) is 4.31. The third kappa shape index (κ3) is 3.14. The highest BCUT2D eigenvalue weighted by molar-refractivity contribution is 5.36. The van der Waals surface area contributed by atoms with E-state index in [2.05, 4.69) is 44.3 Å². The topological polar surface area (TPSA) is 12.0 Å². The van der Waals surface area contributed by atoms with E-state index in [4.69, 9.17) is 0 Å². The maximum atomic E-state index is 3.66. The quantitative estimate of drug-likeness (QED) is 0.789. The molecule has 2 rings (SSSR count). The zero-order chi connectivity index (χ0) is 13.0. The van der Waals surface area contributed by atoms with Crippen molar-refractivity contribution in [3.63, 3.8) is 0 Å². The zero-order valence-corrected chi connectivity index (χ0v) is 12.1. The molecule has 0 heterocycles. The van der Waals surface area contributed by atoms with Gasteiger partial charge in [0, 0.05) is 6.04 Å². The van der Waals surface area contributed by atoms with Gasteiger partial charge < -0.3 is 5.32 Å². The molecule has 0 saturated carbocycles. The van der Waals surface area contributed by atoms with Crippen LogP contribution in [0.2, 0.25) is 0 Å². The molecule has 1 aromatic carbocycles. The monoisotopic (exact) mass is 245 g/mol. The molecule has 0 aliphatic heterocycles. The Hall–Kier alpha value is -0.820. The number of nitrogens with one attached hydrogen (secondary N) is 1. The van der Waals surface area contributed by atoms with Crippen molar-refractivity contribution >= 4 is 0 Å². The average molecular weight is 245 g/mol. The minimum Gasteiger partial charge on any atom is -0.310 e. The van der Waals surface area contributed by atoms with Gasteiger partial charge in [-0.05, 0) is 54.8 Å². The molecule has 1 aliphatic rings. The lowest BCUT2D eigenvalue weighted by Gasteiger charge is -2.22. The number of benzene rings is 1. The van der Waals surface area contributed by atoms with E-state index in [-0.39, 0.29) is 0 Å². The van der Waals surface area contributed by atoms with Gasteiger partial charge >= 0.3 is 0 Å². The van der Waals surface area contributed by atoms with Crippen LogP contribution in [0.15, 0.2) is 18.2 Å². The van der Waals surface area contributed by atoms with Gasteiger partial charge in [-0.15, -0.1) is 0 Å². The molecule has 1 nitrogen and oxygen atoms in total. The van der Waals surface area contributed by atoms with E-state index in [9.17, 15) is 0 Å². The van der Waals surface area contributed by atoms with Crippen molar-refractivity contribution in [2.75, 3.05) is 6.54 Å². The third-order valence-electron chi connectivity index (χ3n) is 4.31. The van der Waals surface area contributed by atoms with Gasteiger partial charge in [-0.1, -0.05) is 45.4 Å². The van der Waals surface area contributed by atoms with Crippen LogP contribution in [0.5, 0.6) is 0 Å². The highest BCUT2D eigenvalue weighted by atomic mass is 14.9. The van der Waals surface area contributed by atoms with Gasteiger partial charge in [-0.2, -0.15) is 0 Å². The normalized spacial score (nSPS) is 17.5. The second-order valence-electron chi connectivity index (χ2n) is 5.74. The fourth-order valence-corrected chi connectivity index (χ4v) is 2.96. The molecule has 0 amide bonds. The molecule has 2 atom stereocenters. The number of rotatable bonds is 6. The lowest BCUT2D eigenvalue weighted by Crippen LogP contribution is -2.23. The smallest absolute Gasteiger partial charge is 0.0322 e. The van der Waals surface area contributed by atoms with Gasteiger partial charge in [0.05, 0.1) is 0 Å². The summed E-state index contributed by atoms with van der Waals surface area (Å²) in [6, 6.07) is 7.70. The Bertz CT molecular complexity index is 383. The fourth-order valence-electron chi connectivity index (χ4n) is 2.96. The van der Waals surface area contributed by atoms with Crippen molar-refractivity contribution < 1.29 is 0 Å². The first-order valence-electron chi connectivity index (χ1n) is 7.59. The van der Waals surface area contributed by atoms with Crippen molar-refractivity contribution in [1.29, 1.82) is 0 Å². The summed E-state index contributed by atoms with van der Waals surface area (Å²) in [5, 5.41) is 3.66. The van der Waals surface area contributed by atoms with E-state index in [1.807, 2.05) is 0 Å². The lowest BCUT2D eigenvalue weighted by atomic mass is 9.92. The summed E-state index contributed by atoms with van der Waals surface area (Å²) in [6.45, 7) is 7.91. The van der Waals surface area contributed by atoms with E-state index in [0.717, 1.165) is 12.5 Å². The fraction of sp³-hybridized carbons (Fsp3) is 0.647. The Balaban J connectivity index is 2.14. The first-order valence-corrected chi connectivity index (χ1v) is 7.59. The van der Waals surface area contributed by atoms with E-state index in [1.165, 1.54) is 37.7 Å². The zero-order valence-electron chi connectivity index (χ0n) is 12.1. The van der Waals surface area contributed by atoms with E-state index < -0.39 is 0 Å². The Labute approximate surface area is 112 Å². The Kier molecular flexibility index (Phi) is 4.82. The van der Waals surface area contributed by atoms with Crippen LogP contribution in [-0.4, -0.2) is 6.54 Å². The molecule has 100 valence electrons. The summed E-state index contributed by atoms with van der Waals surface area (Å²) in [7, 11) is 0. The van der Waals surface area contributed by atoms with Gasteiger partial charge in [0.25, 0.3) is 0 Å². The Morgan fingerprint density at radius 2 is 1.94 bits per heavy atom. The van der Waals surface area contributed by atoms with Crippen molar-refractivity contribution in [3.8, 4) is 0 Å². The van der Waals surface area contributed by atoms with Crippen molar-refractivity contribution in [1.82, 2.24) is 5.32 Å². The van der Waals surface area contributed by atoms with Crippen molar-refractivity contribution in [2.45, 2.75) is 58.9 Å². The minimum absolute atomic E-state index is 0.538. The molecular formula is C17H27N. The molecule has 0 fully saturated rings. The standard InChI is InChI=1S/C17H27N/c1-4-13(3)11-17(18-5-2)16-10-9-14-7-6-8-15(14)12-16/h9-10,12-13,17-18H,4-8,11H2,1-3H3. The minimum atomic E-state index is 0.538. The van der Waals surface area contributed by atoms with E-state index >= 15 is 0 Å². The molecule has 2 unspecified atom stereocenters. The number of aryl methyl sites for hydroxylation is 2. The van der Waals surface area contributed by atoms with Gasteiger partial charge in [0.2, 0.25) is 0 Å².